The number of benzene rings is 1. The Hall–Kier alpha value is -2.76. The van der Waals surface area contributed by atoms with Crippen LogP contribution in [0.15, 0.2) is 35.5 Å². The van der Waals surface area contributed by atoms with Gasteiger partial charge in [0.2, 0.25) is 11.7 Å². The predicted octanol–water partition coefficient (Wildman–Crippen LogP) is 2.78. The first-order valence-corrected chi connectivity index (χ1v) is 9.06. The molecule has 0 aromatic heterocycles. The number of amides is 1. The summed E-state index contributed by atoms with van der Waals surface area (Å²) < 4.78 is 5.26. The van der Waals surface area contributed by atoms with E-state index in [1.165, 1.54) is 4.90 Å². The first-order valence-electron chi connectivity index (χ1n) is 9.06. The molecule has 1 unspecified atom stereocenters. The van der Waals surface area contributed by atoms with Crippen LogP contribution in [0.2, 0.25) is 0 Å². The van der Waals surface area contributed by atoms with Gasteiger partial charge in [0.15, 0.2) is 11.2 Å². The van der Waals surface area contributed by atoms with Crippen LogP contribution in [-0.2, 0) is 14.3 Å². The Labute approximate surface area is 158 Å². The van der Waals surface area contributed by atoms with E-state index < -0.39 is 34.3 Å². The van der Waals surface area contributed by atoms with Gasteiger partial charge in [-0.2, -0.15) is 0 Å². The number of carbonyl (C=O) groups excluding carboxylic acids is 4. The fourth-order valence-corrected chi connectivity index (χ4v) is 4.11. The summed E-state index contributed by atoms with van der Waals surface area (Å²) in [5.41, 5.74) is -2.40. The molecule has 0 bridgehead atoms. The number of allylic oxidation sites excluding steroid dienone is 1. The van der Waals surface area contributed by atoms with Crippen LogP contribution >= 0.6 is 0 Å². The molecule has 3 rings (SSSR count). The normalized spacial score (nSPS) is 22.1. The Bertz CT molecular complexity index is 905. The van der Waals surface area contributed by atoms with E-state index in [-0.39, 0.29) is 35.5 Å². The van der Waals surface area contributed by atoms with Gasteiger partial charge in [0.05, 0.1) is 12.2 Å². The minimum atomic E-state index is -1.85. The number of ether oxygens (including phenoxy) is 1. The van der Waals surface area contributed by atoms with Gasteiger partial charge in [-0.05, 0) is 19.3 Å². The second-order valence-corrected chi connectivity index (χ2v) is 7.70. The molecule has 0 fully saturated rings. The van der Waals surface area contributed by atoms with Gasteiger partial charge < -0.3 is 9.64 Å². The maximum absolute atomic E-state index is 13.5. The van der Waals surface area contributed by atoms with Gasteiger partial charge in [-0.1, -0.05) is 45.0 Å². The van der Waals surface area contributed by atoms with Crippen molar-refractivity contribution >= 4 is 23.4 Å². The number of nitrogens with zero attached hydrogens (tertiary/aromatic N) is 1. The van der Waals surface area contributed by atoms with E-state index >= 15 is 0 Å². The summed E-state index contributed by atoms with van der Waals surface area (Å²) in [6, 6.07) is 6.45. The average Bonchev–Trinajstić information content (AvgIpc) is 2.89. The van der Waals surface area contributed by atoms with Gasteiger partial charge in [0, 0.05) is 17.7 Å². The molecule has 0 N–H and O–H groups in total. The summed E-state index contributed by atoms with van der Waals surface area (Å²) in [5.74, 6) is -2.24. The lowest BCUT2D eigenvalue weighted by Crippen LogP contribution is -2.53. The topological polar surface area (TPSA) is 80.8 Å². The van der Waals surface area contributed by atoms with Crippen LogP contribution in [-0.4, -0.2) is 41.5 Å². The first kappa shape index (κ1) is 19.0. The van der Waals surface area contributed by atoms with Crippen molar-refractivity contribution in [2.45, 2.75) is 34.6 Å². The minimum Gasteiger partial charge on any atom is -0.465 e. The highest BCUT2D eigenvalue weighted by molar-refractivity contribution is 6.34. The largest absolute Gasteiger partial charge is 0.465 e. The van der Waals surface area contributed by atoms with Crippen molar-refractivity contribution in [1.29, 1.82) is 0 Å². The van der Waals surface area contributed by atoms with Crippen LogP contribution in [0.1, 0.15) is 55.3 Å². The lowest BCUT2D eigenvalue weighted by Gasteiger charge is -2.39. The van der Waals surface area contributed by atoms with Gasteiger partial charge in [-0.25, -0.2) is 0 Å². The van der Waals surface area contributed by atoms with Crippen LogP contribution in [0.5, 0.6) is 0 Å². The molecule has 27 heavy (non-hydrogen) atoms. The molecule has 142 valence electrons. The highest BCUT2D eigenvalue weighted by atomic mass is 16.5. The third kappa shape index (κ3) is 2.25. The quantitative estimate of drug-likeness (QED) is 0.604. The van der Waals surface area contributed by atoms with Gasteiger partial charge in [0.25, 0.3) is 0 Å². The standard InChI is InChI=1S/C21H23NO5/c1-6-22-15-14(16(23)12-10-8-9-11-13(12)17(15)24)21(18(22)25,20(3,4)5)19(26)27-7-2/h8-11H,6-7H2,1-5H3. The predicted molar refractivity (Wildman–Crippen MR) is 98.0 cm³/mol. The van der Waals surface area contributed by atoms with Crippen LogP contribution in [0.25, 0.3) is 0 Å². The van der Waals surface area contributed by atoms with E-state index in [1.807, 2.05) is 0 Å². The lowest BCUT2D eigenvalue weighted by atomic mass is 9.60. The minimum absolute atomic E-state index is 0.00850. The van der Waals surface area contributed by atoms with Gasteiger partial charge in [-0.3, -0.25) is 19.2 Å². The zero-order valence-electron chi connectivity index (χ0n) is 16.2. The number of likely N-dealkylation sites (N-methyl/N-ethyl adjacent to an activating group) is 1. The molecule has 6 heteroatoms. The smallest absolute Gasteiger partial charge is 0.327 e. The zero-order valence-corrected chi connectivity index (χ0v) is 16.2. The van der Waals surface area contributed by atoms with Crippen LogP contribution in [0.3, 0.4) is 0 Å². The molecule has 1 atom stereocenters. The first-order chi connectivity index (χ1) is 12.6. The monoisotopic (exact) mass is 369 g/mol. The van der Waals surface area contributed by atoms with E-state index in [0.717, 1.165) is 0 Å². The van der Waals surface area contributed by atoms with Gasteiger partial charge >= 0.3 is 5.97 Å². The number of hydrogen-bond donors (Lipinski definition) is 0. The highest BCUT2D eigenvalue weighted by Gasteiger charge is 2.68. The molecule has 1 aliphatic carbocycles. The molecule has 1 aromatic rings. The Kier molecular flexibility index (Phi) is 4.33. The molecular weight excluding hydrogens is 346 g/mol. The molecule has 0 saturated heterocycles. The fraction of sp³-hybridized carbons (Fsp3) is 0.429. The van der Waals surface area contributed by atoms with Crippen molar-refractivity contribution < 1.29 is 23.9 Å². The number of hydrogen-bond acceptors (Lipinski definition) is 5. The van der Waals surface area contributed by atoms with Gasteiger partial charge in [-0.15, -0.1) is 0 Å². The summed E-state index contributed by atoms with van der Waals surface area (Å²) >= 11 is 0. The maximum atomic E-state index is 13.5. The summed E-state index contributed by atoms with van der Waals surface area (Å²) in [7, 11) is 0. The molecule has 0 saturated carbocycles. The Morgan fingerprint density at radius 2 is 1.59 bits per heavy atom. The highest BCUT2D eigenvalue weighted by Crippen LogP contribution is 2.55. The third-order valence-corrected chi connectivity index (χ3v) is 5.33. The second kappa shape index (κ2) is 6.15. The second-order valence-electron chi connectivity index (χ2n) is 7.70. The van der Waals surface area contributed by atoms with E-state index in [9.17, 15) is 19.2 Å². The SMILES string of the molecule is CCOC(=O)C1(C(C)(C)C)C(=O)N(CC)C2=C1C(=O)c1ccccc1C2=O. The number of Topliss-reactive ketones (excluding diaryl/α,β-unsaturated/α-hetero) is 2. The number of rotatable bonds is 3. The van der Waals surface area contributed by atoms with Crippen molar-refractivity contribution in [3.63, 3.8) is 0 Å². The third-order valence-electron chi connectivity index (χ3n) is 5.33. The molecule has 0 radical (unpaired) electrons. The molecule has 1 aromatic carbocycles. The summed E-state index contributed by atoms with van der Waals surface area (Å²) in [6.07, 6.45) is 0. The van der Waals surface area contributed by atoms with E-state index in [2.05, 4.69) is 0 Å². The van der Waals surface area contributed by atoms with E-state index in [0.29, 0.717) is 0 Å². The molecule has 1 heterocycles. The zero-order chi connectivity index (χ0) is 20.1. The Morgan fingerprint density at radius 1 is 1.04 bits per heavy atom. The van der Waals surface area contributed by atoms with Gasteiger partial charge in [0.1, 0.15) is 5.70 Å². The van der Waals surface area contributed by atoms with E-state index in [4.69, 9.17) is 4.74 Å². The Balaban J connectivity index is 2.41. The molecule has 2 aliphatic rings. The Morgan fingerprint density at radius 3 is 2.07 bits per heavy atom. The molecule has 0 spiro atoms. The molecule has 6 nitrogen and oxygen atoms in total. The number of esters is 1. The average molecular weight is 369 g/mol. The molecular formula is C21H23NO5. The summed E-state index contributed by atoms with van der Waals surface area (Å²) in [5, 5.41) is 0. The lowest BCUT2D eigenvalue weighted by molar-refractivity contribution is -0.166. The van der Waals surface area contributed by atoms with Crippen molar-refractivity contribution in [2.75, 3.05) is 13.2 Å². The van der Waals surface area contributed by atoms with E-state index in [1.54, 1.807) is 58.9 Å². The van der Waals surface area contributed by atoms with Crippen molar-refractivity contribution in [3.05, 3.63) is 46.7 Å². The number of fused-ring (bicyclic) bond motifs is 1. The molecule has 1 amide bonds. The fourth-order valence-electron chi connectivity index (χ4n) is 4.11. The number of carbonyl (C=O) groups is 4. The summed E-state index contributed by atoms with van der Waals surface area (Å²) in [6.45, 7) is 8.74. The van der Waals surface area contributed by atoms with Crippen LogP contribution < -0.4 is 0 Å². The molecule has 1 aliphatic heterocycles. The van der Waals surface area contributed by atoms with Crippen molar-refractivity contribution in [1.82, 2.24) is 4.90 Å². The number of ketones is 2. The van der Waals surface area contributed by atoms with Crippen LogP contribution in [0.4, 0.5) is 0 Å². The maximum Gasteiger partial charge on any atom is 0.327 e. The summed E-state index contributed by atoms with van der Waals surface area (Å²) in [4.78, 5) is 54.5. The van der Waals surface area contributed by atoms with Crippen molar-refractivity contribution in [2.24, 2.45) is 10.8 Å². The van der Waals surface area contributed by atoms with Crippen molar-refractivity contribution in [3.8, 4) is 0 Å². The van der Waals surface area contributed by atoms with Crippen LogP contribution in [0, 0.1) is 10.8 Å².